The summed E-state index contributed by atoms with van der Waals surface area (Å²) in [6.07, 6.45) is 7.38. The Hall–Kier alpha value is -2.74. The number of carboxylic acid groups (broad SMARTS) is 1. The van der Waals surface area contributed by atoms with Gasteiger partial charge in [-0.2, -0.15) is 0 Å². The highest BCUT2D eigenvalue weighted by Crippen LogP contribution is 2.26. The van der Waals surface area contributed by atoms with Crippen molar-refractivity contribution < 1.29 is 19.5 Å². The zero-order valence-electron chi connectivity index (χ0n) is 15.1. The summed E-state index contributed by atoms with van der Waals surface area (Å²) < 4.78 is 0. The van der Waals surface area contributed by atoms with Crippen molar-refractivity contribution in [2.45, 2.75) is 44.2 Å². The van der Waals surface area contributed by atoms with Gasteiger partial charge in [0.05, 0.1) is 11.6 Å². The first-order chi connectivity index (χ1) is 13.0. The molecule has 2 rings (SSSR count). The summed E-state index contributed by atoms with van der Waals surface area (Å²) in [5.74, 6) is -2.28. The van der Waals surface area contributed by atoms with Crippen molar-refractivity contribution in [1.29, 1.82) is 0 Å². The number of aromatic nitrogens is 1. The lowest BCUT2D eigenvalue weighted by Gasteiger charge is -2.22. The Balaban J connectivity index is 1.96. The smallest absolute Gasteiger partial charge is 0.308 e. The normalized spacial score (nSPS) is 20.3. The monoisotopic (exact) mass is 374 g/mol. The van der Waals surface area contributed by atoms with Crippen molar-refractivity contribution in [3.8, 4) is 0 Å². The van der Waals surface area contributed by atoms with Crippen LogP contribution in [0.1, 0.15) is 37.8 Å². The average molecular weight is 374 g/mol. The number of carbonyl (C=O) groups is 3. The van der Waals surface area contributed by atoms with Gasteiger partial charge in [-0.25, -0.2) is 0 Å². The molecule has 5 N–H and O–H groups in total. The molecule has 1 aliphatic carbocycles. The molecule has 0 spiro atoms. The minimum atomic E-state index is -0.904. The van der Waals surface area contributed by atoms with Crippen molar-refractivity contribution in [3.05, 3.63) is 36.2 Å². The SMILES string of the molecule is NCCCC(NC(=O)/C=C/c1ccccn1)C(=O)NC1CCCC1C(=O)O. The molecule has 27 heavy (non-hydrogen) atoms. The van der Waals surface area contributed by atoms with Crippen LogP contribution in [0.4, 0.5) is 0 Å². The zero-order chi connectivity index (χ0) is 19.6. The number of carbonyl (C=O) groups excluding carboxylic acids is 2. The zero-order valence-corrected chi connectivity index (χ0v) is 15.1. The molecular formula is C19H26N4O4. The number of nitrogens with two attached hydrogens (primary N) is 1. The van der Waals surface area contributed by atoms with E-state index in [2.05, 4.69) is 15.6 Å². The van der Waals surface area contributed by atoms with E-state index in [4.69, 9.17) is 5.73 Å². The van der Waals surface area contributed by atoms with Crippen LogP contribution in [0.25, 0.3) is 6.08 Å². The number of nitrogens with zero attached hydrogens (tertiary/aromatic N) is 1. The lowest BCUT2D eigenvalue weighted by Crippen LogP contribution is -2.51. The maximum atomic E-state index is 12.6. The molecule has 3 atom stereocenters. The van der Waals surface area contributed by atoms with E-state index < -0.39 is 29.9 Å². The summed E-state index contributed by atoms with van der Waals surface area (Å²) in [4.78, 5) is 40.1. The van der Waals surface area contributed by atoms with Gasteiger partial charge in [0.25, 0.3) is 0 Å². The third kappa shape index (κ3) is 6.49. The third-order valence-electron chi connectivity index (χ3n) is 4.58. The molecule has 1 fully saturated rings. The van der Waals surface area contributed by atoms with Gasteiger partial charge in [-0.3, -0.25) is 19.4 Å². The predicted octanol–water partition coefficient (Wildman–Crippen LogP) is 0.688. The van der Waals surface area contributed by atoms with Gasteiger partial charge in [0.15, 0.2) is 0 Å². The van der Waals surface area contributed by atoms with Crippen molar-refractivity contribution >= 4 is 23.9 Å². The fraction of sp³-hybridized carbons (Fsp3) is 0.474. The fourth-order valence-corrected chi connectivity index (χ4v) is 3.16. The number of nitrogens with one attached hydrogen (secondary N) is 2. The second kappa shape index (κ2) is 10.4. The van der Waals surface area contributed by atoms with Crippen molar-refractivity contribution in [2.24, 2.45) is 11.7 Å². The van der Waals surface area contributed by atoms with E-state index in [0.29, 0.717) is 37.9 Å². The van der Waals surface area contributed by atoms with E-state index in [0.717, 1.165) is 6.42 Å². The number of rotatable bonds is 9. The lowest BCUT2D eigenvalue weighted by molar-refractivity contribution is -0.142. The Morgan fingerprint density at radius 1 is 1.33 bits per heavy atom. The average Bonchev–Trinajstić information content (AvgIpc) is 3.12. The molecule has 1 heterocycles. The minimum Gasteiger partial charge on any atom is -0.481 e. The number of aliphatic carboxylic acids is 1. The maximum absolute atomic E-state index is 12.6. The van der Waals surface area contributed by atoms with Crippen LogP contribution in [0.5, 0.6) is 0 Å². The Labute approximate surface area is 158 Å². The van der Waals surface area contributed by atoms with Gasteiger partial charge in [-0.05, 0) is 50.4 Å². The molecule has 1 aromatic rings. The topological polar surface area (TPSA) is 134 Å². The summed E-state index contributed by atoms with van der Waals surface area (Å²) in [6.45, 7) is 0.393. The Morgan fingerprint density at radius 2 is 2.15 bits per heavy atom. The van der Waals surface area contributed by atoms with Crippen molar-refractivity contribution in [1.82, 2.24) is 15.6 Å². The first-order valence-electron chi connectivity index (χ1n) is 9.14. The molecule has 0 saturated heterocycles. The van der Waals surface area contributed by atoms with Gasteiger partial charge in [0, 0.05) is 18.3 Å². The molecule has 0 aromatic carbocycles. The van der Waals surface area contributed by atoms with Crippen LogP contribution in [0.2, 0.25) is 0 Å². The Morgan fingerprint density at radius 3 is 2.81 bits per heavy atom. The van der Waals surface area contributed by atoms with E-state index in [1.54, 1.807) is 24.4 Å². The number of hydrogen-bond acceptors (Lipinski definition) is 5. The van der Waals surface area contributed by atoms with E-state index in [1.165, 1.54) is 6.08 Å². The molecule has 0 radical (unpaired) electrons. The number of carboxylic acids is 1. The predicted molar refractivity (Wildman–Crippen MR) is 100 cm³/mol. The second-order valence-electron chi connectivity index (χ2n) is 6.57. The highest BCUT2D eigenvalue weighted by atomic mass is 16.4. The van der Waals surface area contributed by atoms with Gasteiger partial charge in [-0.15, -0.1) is 0 Å². The molecule has 8 heteroatoms. The van der Waals surface area contributed by atoms with E-state index in [-0.39, 0.29) is 5.91 Å². The molecule has 3 unspecified atom stereocenters. The van der Waals surface area contributed by atoms with Crippen molar-refractivity contribution in [3.63, 3.8) is 0 Å². The van der Waals surface area contributed by atoms with E-state index in [1.807, 2.05) is 6.07 Å². The first kappa shape index (κ1) is 20.6. The van der Waals surface area contributed by atoms with Crippen LogP contribution in [-0.4, -0.2) is 46.5 Å². The first-order valence-corrected chi connectivity index (χ1v) is 9.14. The second-order valence-corrected chi connectivity index (χ2v) is 6.57. The summed E-state index contributed by atoms with van der Waals surface area (Å²) in [7, 11) is 0. The molecular weight excluding hydrogens is 348 g/mol. The molecule has 2 amide bonds. The molecule has 146 valence electrons. The maximum Gasteiger partial charge on any atom is 0.308 e. The fourth-order valence-electron chi connectivity index (χ4n) is 3.16. The van der Waals surface area contributed by atoms with E-state index >= 15 is 0 Å². The summed E-state index contributed by atoms with van der Waals surface area (Å²) in [5, 5.41) is 14.7. The Bertz CT molecular complexity index is 678. The highest BCUT2D eigenvalue weighted by Gasteiger charge is 2.35. The quantitative estimate of drug-likeness (QED) is 0.470. The van der Waals surface area contributed by atoms with Crippen LogP contribution in [-0.2, 0) is 14.4 Å². The van der Waals surface area contributed by atoms with Gasteiger partial charge in [-0.1, -0.05) is 12.5 Å². The molecule has 0 aliphatic heterocycles. The van der Waals surface area contributed by atoms with Crippen LogP contribution in [0, 0.1) is 5.92 Å². The summed E-state index contributed by atoms with van der Waals surface area (Å²) in [6, 6.07) is 4.18. The molecule has 1 aliphatic rings. The van der Waals surface area contributed by atoms with Gasteiger partial charge >= 0.3 is 5.97 Å². The highest BCUT2D eigenvalue weighted by molar-refractivity contribution is 5.95. The van der Waals surface area contributed by atoms with Crippen LogP contribution in [0.3, 0.4) is 0 Å². The van der Waals surface area contributed by atoms with Crippen LogP contribution >= 0.6 is 0 Å². The Kier molecular flexibility index (Phi) is 7.94. The van der Waals surface area contributed by atoms with Crippen LogP contribution < -0.4 is 16.4 Å². The summed E-state index contributed by atoms with van der Waals surface area (Å²) in [5.41, 5.74) is 6.15. The largest absolute Gasteiger partial charge is 0.481 e. The number of hydrogen-bond donors (Lipinski definition) is 4. The lowest BCUT2D eigenvalue weighted by atomic mass is 10.0. The van der Waals surface area contributed by atoms with Gasteiger partial charge in [0.2, 0.25) is 11.8 Å². The van der Waals surface area contributed by atoms with Gasteiger partial charge < -0.3 is 21.5 Å². The molecule has 8 nitrogen and oxygen atoms in total. The van der Waals surface area contributed by atoms with Gasteiger partial charge in [0.1, 0.15) is 6.04 Å². The van der Waals surface area contributed by atoms with E-state index in [9.17, 15) is 19.5 Å². The summed E-state index contributed by atoms with van der Waals surface area (Å²) >= 11 is 0. The molecule has 0 bridgehead atoms. The number of pyridine rings is 1. The van der Waals surface area contributed by atoms with Crippen LogP contribution in [0.15, 0.2) is 30.5 Å². The molecule has 1 aromatic heterocycles. The standard InChI is InChI=1S/C19H26N4O4/c20-11-4-8-16(18(25)23-15-7-3-6-14(15)19(26)27)22-17(24)10-9-13-5-1-2-12-21-13/h1-2,5,9-10,12,14-16H,3-4,6-8,11,20H2,(H,22,24)(H,23,25)(H,26,27)/b10-9+. The minimum absolute atomic E-state index is 0.374. The number of amides is 2. The van der Waals surface area contributed by atoms with Crippen molar-refractivity contribution in [2.75, 3.05) is 6.54 Å². The molecule has 1 saturated carbocycles. The third-order valence-corrected chi connectivity index (χ3v) is 4.58.